The maximum Gasteiger partial charge on any atom is 0.339 e. The lowest BCUT2D eigenvalue weighted by Crippen LogP contribution is -2.26. The van der Waals surface area contributed by atoms with Crippen molar-refractivity contribution in [1.82, 2.24) is 0 Å². The minimum atomic E-state index is -2.80. The molecule has 0 radical (unpaired) electrons. The van der Waals surface area contributed by atoms with Gasteiger partial charge in [0.2, 0.25) is 0 Å². The van der Waals surface area contributed by atoms with E-state index in [4.69, 9.17) is 0 Å². The summed E-state index contributed by atoms with van der Waals surface area (Å²) in [6.07, 6.45) is 3.37. The highest BCUT2D eigenvalue weighted by Crippen LogP contribution is 2.50. The Morgan fingerprint density at radius 1 is 0.897 bits per heavy atom. The van der Waals surface area contributed by atoms with Gasteiger partial charge in [-0.05, 0) is 17.5 Å². The molecule has 1 heterocycles. The van der Waals surface area contributed by atoms with Crippen LogP contribution >= 0.6 is 14.9 Å². The van der Waals surface area contributed by atoms with Crippen molar-refractivity contribution in [2.75, 3.05) is 12.3 Å². The average molecular weight is 421 g/mol. The molecule has 3 aromatic carbocycles. The van der Waals surface area contributed by atoms with E-state index >= 15 is 0 Å². The molecule has 0 spiro atoms. The summed E-state index contributed by atoms with van der Waals surface area (Å²) in [4.78, 5) is 0. The topological polar surface area (TPSA) is 34.1 Å². The fraction of sp³-hybridized carbons (Fsp3) is 0.280. The molecule has 0 N–H and O–H groups in total. The lowest BCUT2D eigenvalue weighted by atomic mass is 9.92. The standard InChI is InChI=1S/C25H27O2P2/c1-20(18-21-10-8-9-15-25(21)22-16-17-28(26)19-22)29(27,23-11-4-2-5-12-23)24-13-6-3-7-14-24/h2-15,20,22H,16-19H2,1H3/q+1. The van der Waals surface area contributed by atoms with Gasteiger partial charge in [-0.3, -0.25) is 0 Å². The molecule has 1 aliphatic heterocycles. The third-order valence-corrected chi connectivity index (χ3v) is 11.2. The molecule has 148 valence electrons. The van der Waals surface area contributed by atoms with Gasteiger partial charge < -0.3 is 4.57 Å². The maximum absolute atomic E-state index is 14.6. The smallest absolute Gasteiger partial charge is 0.313 e. The van der Waals surface area contributed by atoms with Gasteiger partial charge in [-0.25, -0.2) is 0 Å². The number of hydrogen-bond donors (Lipinski definition) is 0. The van der Waals surface area contributed by atoms with E-state index in [0.29, 0.717) is 5.92 Å². The summed E-state index contributed by atoms with van der Waals surface area (Å²) in [5.41, 5.74) is 2.53. The zero-order valence-corrected chi connectivity index (χ0v) is 18.6. The number of hydrogen-bond acceptors (Lipinski definition) is 2. The van der Waals surface area contributed by atoms with Crippen molar-refractivity contribution in [3.05, 3.63) is 96.1 Å². The Kier molecular flexibility index (Phi) is 6.14. The average Bonchev–Trinajstić information content (AvgIpc) is 3.21. The fourth-order valence-electron chi connectivity index (χ4n) is 4.50. The van der Waals surface area contributed by atoms with Crippen LogP contribution in [0, 0.1) is 0 Å². The molecule has 3 aromatic rings. The van der Waals surface area contributed by atoms with E-state index in [-0.39, 0.29) is 5.66 Å². The molecule has 0 aromatic heterocycles. The number of rotatable bonds is 6. The van der Waals surface area contributed by atoms with Crippen molar-refractivity contribution in [2.24, 2.45) is 0 Å². The van der Waals surface area contributed by atoms with Crippen molar-refractivity contribution < 1.29 is 9.13 Å². The summed E-state index contributed by atoms with van der Waals surface area (Å²) >= 11 is 0. The van der Waals surface area contributed by atoms with Crippen molar-refractivity contribution >= 4 is 25.6 Å². The summed E-state index contributed by atoms with van der Waals surface area (Å²) in [7, 11) is -3.86. The van der Waals surface area contributed by atoms with Gasteiger partial charge in [0, 0.05) is 28.6 Å². The van der Waals surface area contributed by atoms with Crippen LogP contribution in [0.1, 0.15) is 30.4 Å². The summed E-state index contributed by atoms with van der Waals surface area (Å²) in [5.74, 6) is 0.370. The molecule has 29 heavy (non-hydrogen) atoms. The van der Waals surface area contributed by atoms with Gasteiger partial charge in [0.15, 0.2) is 6.16 Å². The first-order valence-corrected chi connectivity index (χ1v) is 13.7. The molecule has 0 saturated carbocycles. The number of benzene rings is 3. The van der Waals surface area contributed by atoms with E-state index < -0.39 is 14.9 Å². The van der Waals surface area contributed by atoms with E-state index in [1.54, 1.807) is 0 Å². The zero-order valence-electron chi connectivity index (χ0n) is 16.8. The molecule has 2 nitrogen and oxygen atoms in total. The van der Waals surface area contributed by atoms with Crippen LogP contribution in [0.25, 0.3) is 0 Å². The maximum atomic E-state index is 14.6. The molecule has 0 bridgehead atoms. The van der Waals surface area contributed by atoms with Gasteiger partial charge >= 0.3 is 7.80 Å². The molecule has 1 fully saturated rings. The quantitative estimate of drug-likeness (QED) is 0.461. The van der Waals surface area contributed by atoms with Crippen LogP contribution in [0.3, 0.4) is 0 Å². The predicted molar refractivity (Wildman–Crippen MR) is 124 cm³/mol. The van der Waals surface area contributed by atoms with Gasteiger partial charge in [0.05, 0.1) is 0 Å². The van der Waals surface area contributed by atoms with Gasteiger partial charge in [-0.1, -0.05) is 96.4 Å². The Labute approximate surface area is 174 Å². The third kappa shape index (κ3) is 4.16. The molecule has 0 aliphatic carbocycles. The Bertz CT molecular complexity index is 987. The lowest BCUT2D eigenvalue weighted by molar-refractivity contribution is 0.578. The van der Waals surface area contributed by atoms with Crippen LogP contribution in [0.4, 0.5) is 0 Å². The Morgan fingerprint density at radius 2 is 1.45 bits per heavy atom. The summed E-state index contributed by atoms with van der Waals surface area (Å²) in [5, 5.41) is 1.83. The molecule has 3 atom stereocenters. The van der Waals surface area contributed by atoms with Crippen molar-refractivity contribution in [2.45, 2.75) is 31.3 Å². The first-order valence-electron chi connectivity index (χ1n) is 10.3. The van der Waals surface area contributed by atoms with Crippen LogP contribution in [0.5, 0.6) is 0 Å². The second kappa shape index (κ2) is 8.78. The van der Waals surface area contributed by atoms with Crippen molar-refractivity contribution in [3.63, 3.8) is 0 Å². The third-order valence-electron chi connectivity index (χ3n) is 6.06. The highest BCUT2D eigenvalue weighted by molar-refractivity contribution is 7.79. The monoisotopic (exact) mass is 421 g/mol. The van der Waals surface area contributed by atoms with Crippen molar-refractivity contribution in [1.29, 1.82) is 0 Å². The minimum absolute atomic E-state index is 0.0244. The van der Waals surface area contributed by atoms with E-state index in [9.17, 15) is 9.13 Å². The van der Waals surface area contributed by atoms with Crippen molar-refractivity contribution in [3.8, 4) is 0 Å². The molecule has 1 saturated heterocycles. The normalized spacial score (nSPS) is 19.2. The summed E-state index contributed by atoms with van der Waals surface area (Å²) in [6, 6.07) is 28.3. The largest absolute Gasteiger partial charge is 0.339 e. The molecular weight excluding hydrogens is 394 g/mol. The molecule has 4 rings (SSSR count). The summed E-state index contributed by atoms with van der Waals surface area (Å²) in [6.45, 7) is 2.12. The second-order valence-electron chi connectivity index (χ2n) is 7.95. The van der Waals surface area contributed by atoms with E-state index in [2.05, 4.69) is 31.2 Å². The van der Waals surface area contributed by atoms with Crippen LogP contribution in [0.2, 0.25) is 0 Å². The first kappa shape index (κ1) is 20.3. The van der Waals surface area contributed by atoms with E-state index in [0.717, 1.165) is 35.8 Å². The lowest BCUT2D eigenvalue weighted by Gasteiger charge is -2.27. The van der Waals surface area contributed by atoms with Crippen LogP contribution in [0.15, 0.2) is 84.9 Å². The zero-order chi connectivity index (χ0) is 20.3. The predicted octanol–water partition coefficient (Wildman–Crippen LogP) is 5.95. The second-order valence-corrected chi connectivity index (χ2v) is 13.0. The Morgan fingerprint density at radius 3 is 2.00 bits per heavy atom. The highest BCUT2D eigenvalue weighted by atomic mass is 31.2. The Hall–Kier alpha value is -2.01. The van der Waals surface area contributed by atoms with Crippen LogP contribution in [-0.4, -0.2) is 18.0 Å². The van der Waals surface area contributed by atoms with Gasteiger partial charge in [0.1, 0.15) is 13.3 Å². The molecule has 0 amide bonds. The molecule has 3 unspecified atom stereocenters. The van der Waals surface area contributed by atoms with Gasteiger partial charge in [-0.2, -0.15) is 0 Å². The fourth-order valence-corrected chi connectivity index (χ4v) is 9.16. The minimum Gasteiger partial charge on any atom is -0.313 e. The van der Waals surface area contributed by atoms with E-state index in [1.165, 1.54) is 11.1 Å². The van der Waals surface area contributed by atoms with Crippen LogP contribution in [-0.2, 0) is 15.6 Å². The van der Waals surface area contributed by atoms with Crippen LogP contribution < -0.4 is 10.6 Å². The van der Waals surface area contributed by atoms with Gasteiger partial charge in [-0.15, -0.1) is 0 Å². The SMILES string of the molecule is CC(Cc1ccccc1C1CC[P+](=O)C1)P(=O)(c1ccccc1)c1ccccc1. The summed E-state index contributed by atoms with van der Waals surface area (Å²) < 4.78 is 26.6. The van der Waals surface area contributed by atoms with E-state index in [1.807, 2.05) is 60.7 Å². The Balaban J connectivity index is 1.71. The first-order chi connectivity index (χ1) is 14.1. The molecular formula is C25H27O2P2+. The van der Waals surface area contributed by atoms with Gasteiger partial charge in [0.25, 0.3) is 0 Å². The highest BCUT2D eigenvalue weighted by Gasteiger charge is 2.37. The molecule has 4 heteroatoms. The molecule has 1 aliphatic rings.